The van der Waals surface area contributed by atoms with Crippen molar-refractivity contribution in [3.05, 3.63) is 71.8 Å². The van der Waals surface area contributed by atoms with Gasteiger partial charge in [0.1, 0.15) is 24.7 Å². The van der Waals surface area contributed by atoms with Crippen LogP contribution >= 0.6 is 11.6 Å². The van der Waals surface area contributed by atoms with Gasteiger partial charge < -0.3 is 33.3 Å². The topological polar surface area (TPSA) is 92.8 Å². The Hall–Kier alpha value is -3.53. The van der Waals surface area contributed by atoms with Crippen molar-refractivity contribution in [3.63, 3.8) is 0 Å². The van der Waals surface area contributed by atoms with E-state index in [4.69, 9.17) is 40.0 Å². The molecule has 2 aromatic rings. The first kappa shape index (κ1) is 35.7. The maximum atomic E-state index is 14.3. The van der Waals surface area contributed by atoms with Crippen molar-refractivity contribution in [2.24, 2.45) is 0 Å². The summed E-state index contributed by atoms with van der Waals surface area (Å²) in [5, 5.41) is 0. The quantitative estimate of drug-likeness (QED) is 0.0762. The molecule has 0 heterocycles. The van der Waals surface area contributed by atoms with E-state index in [2.05, 4.69) is 13.2 Å². The van der Waals surface area contributed by atoms with E-state index in [9.17, 15) is 9.59 Å². The molecule has 0 N–H and O–H groups in total. The van der Waals surface area contributed by atoms with E-state index in [-0.39, 0.29) is 42.6 Å². The zero-order valence-corrected chi connectivity index (χ0v) is 26.5. The number of nitrogens with zero attached hydrogens (tertiary/aromatic N) is 1. The molecule has 10 heteroatoms. The van der Waals surface area contributed by atoms with Crippen LogP contribution in [0.4, 0.5) is 0 Å². The third-order valence-corrected chi connectivity index (χ3v) is 6.81. The van der Waals surface area contributed by atoms with Gasteiger partial charge in [0, 0.05) is 44.8 Å². The van der Waals surface area contributed by atoms with Crippen LogP contribution in [0.1, 0.15) is 40.4 Å². The fourth-order valence-electron chi connectivity index (χ4n) is 4.43. The van der Waals surface area contributed by atoms with Crippen molar-refractivity contribution in [1.82, 2.24) is 4.90 Å². The van der Waals surface area contributed by atoms with Crippen molar-refractivity contribution in [1.29, 1.82) is 0 Å². The molecule has 0 bridgehead atoms. The Morgan fingerprint density at radius 1 is 0.837 bits per heavy atom. The minimum Gasteiger partial charge on any atom is -0.493 e. The van der Waals surface area contributed by atoms with E-state index in [1.54, 1.807) is 55.5 Å². The molecule has 2 rings (SSSR count). The molecule has 0 aliphatic rings. The van der Waals surface area contributed by atoms with Crippen LogP contribution in [0.5, 0.6) is 23.0 Å². The minimum atomic E-state index is -0.335. The summed E-state index contributed by atoms with van der Waals surface area (Å²) in [6.45, 7) is 11.7. The number of carbonyl (C=O) groups is 2. The molecule has 0 aromatic heterocycles. The molecular weight excluding hydrogens is 574 g/mol. The second-order valence-electron chi connectivity index (χ2n) is 9.39. The summed E-state index contributed by atoms with van der Waals surface area (Å²) in [7, 11) is 4.67. The number of halogens is 1. The smallest absolute Gasteiger partial charge is 0.227 e. The number of hydrogen-bond acceptors (Lipinski definition) is 8. The Morgan fingerprint density at radius 2 is 1.49 bits per heavy atom. The van der Waals surface area contributed by atoms with Gasteiger partial charge >= 0.3 is 0 Å². The molecule has 0 radical (unpaired) electrons. The van der Waals surface area contributed by atoms with Crippen LogP contribution in [-0.4, -0.2) is 89.9 Å². The second-order valence-corrected chi connectivity index (χ2v) is 9.76. The van der Waals surface area contributed by atoms with Crippen LogP contribution in [0.15, 0.2) is 49.6 Å². The number of alkyl halides is 1. The molecule has 0 spiro atoms. The lowest BCUT2D eigenvalue weighted by atomic mass is 9.89. The average Bonchev–Trinajstić information content (AvgIpc) is 3.02. The van der Waals surface area contributed by atoms with Crippen molar-refractivity contribution >= 4 is 23.3 Å². The van der Waals surface area contributed by atoms with Crippen molar-refractivity contribution in [2.45, 2.75) is 26.2 Å². The summed E-state index contributed by atoms with van der Waals surface area (Å²) in [4.78, 5) is 29.8. The first-order valence-corrected chi connectivity index (χ1v) is 14.8. The Balaban J connectivity index is 2.74. The molecule has 2 aromatic carbocycles. The number of benzene rings is 2. The van der Waals surface area contributed by atoms with E-state index < -0.39 is 0 Å². The number of methoxy groups -OCH3 is 3. The lowest BCUT2D eigenvalue weighted by Crippen LogP contribution is -2.38. The lowest BCUT2D eigenvalue weighted by Gasteiger charge is -2.25. The van der Waals surface area contributed by atoms with Gasteiger partial charge in [0.2, 0.25) is 5.91 Å². The molecule has 9 nitrogen and oxygen atoms in total. The fraction of sp³-hybridized carbons (Fsp3) is 0.455. The summed E-state index contributed by atoms with van der Waals surface area (Å²) >= 11 is 5.78. The predicted octanol–water partition coefficient (Wildman–Crippen LogP) is 5.29. The van der Waals surface area contributed by atoms with Gasteiger partial charge in [0.15, 0.2) is 17.3 Å². The number of carbonyl (C=O) groups excluding carboxylic acids is 2. The van der Waals surface area contributed by atoms with Gasteiger partial charge in [-0.15, -0.1) is 11.6 Å². The zero-order valence-electron chi connectivity index (χ0n) is 25.7. The number of ether oxygens (including phenoxy) is 6. The molecule has 0 atom stereocenters. The van der Waals surface area contributed by atoms with E-state index in [0.717, 1.165) is 5.56 Å². The molecule has 236 valence electrons. The Morgan fingerprint density at radius 3 is 2.05 bits per heavy atom. The zero-order chi connectivity index (χ0) is 31.6. The monoisotopic (exact) mass is 617 g/mol. The number of hydrogen-bond donors (Lipinski definition) is 0. The highest BCUT2D eigenvalue weighted by Gasteiger charge is 2.28. The highest BCUT2D eigenvalue weighted by atomic mass is 35.5. The molecule has 0 aliphatic heterocycles. The molecule has 0 fully saturated rings. The van der Waals surface area contributed by atoms with Gasteiger partial charge in [0.05, 0.1) is 38.9 Å². The molecule has 0 saturated carbocycles. The molecular formula is C33H44ClNO8. The summed E-state index contributed by atoms with van der Waals surface area (Å²) in [5.74, 6) is 1.64. The van der Waals surface area contributed by atoms with Crippen molar-refractivity contribution < 1.29 is 38.0 Å². The summed E-state index contributed by atoms with van der Waals surface area (Å²) in [5.41, 5.74) is 1.88. The van der Waals surface area contributed by atoms with Crippen LogP contribution in [0.3, 0.4) is 0 Å². The fourth-order valence-corrected chi connectivity index (χ4v) is 4.54. The summed E-state index contributed by atoms with van der Waals surface area (Å²) in [6.07, 6.45) is 4.32. The van der Waals surface area contributed by atoms with Crippen LogP contribution in [0.25, 0.3) is 0 Å². The third kappa shape index (κ3) is 10.3. The van der Waals surface area contributed by atoms with Gasteiger partial charge in [0.25, 0.3) is 0 Å². The first-order valence-electron chi connectivity index (χ1n) is 14.2. The predicted molar refractivity (Wildman–Crippen MR) is 168 cm³/mol. The van der Waals surface area contributed by atoms with Gasteiger partial charge in [-0.1, -0.05) is 32.2 Å². The standard InChI is InChI=1S/C33H44ClNO8/c1-7-16-41-28-23-30(42-17-8-2)32(33(37)24-11-12-27(29(21-24)40-6)43-18-10-13-34)26(25(28)9-3)22-31(36)35(14-19-38-4)15-20-39-5/h7-8,11-12,21,23H,1-2,9-10,13-20,22H2,3-6H3. The van der Waals surface area contributed by atoms with Crippen LogP contribution in [0, 0.1) is 0 Å². The van der Waals surface area contributed by atoms with Gasteiger partial charge in [-0.3, -0.25) is 9.59 Å². The average molecular weight is 618 g/mol. The molecule has 43 heavy (non-hydrogen) atoms. The van der Waals surface area contributed by atoms with E-state index in [1.807, 2.05) is 6.92 Å². The highest BCUT2D eigenvalue weighted by molar-refractivity contribution is 6.17. The third-order valence-electron chi connectivity index (χ3n) is 6.54. The normalized spacial score (nSPS) is 10.6. The number of ketones is 1. The van der Waals surface area contributed by atoms with Gasteiger partial charge in [-0.25, -0.2) is 0 Å². The van der Waals surface area contributed by atoms with E-state index >= 15 is 0 Å². The molecule has 0 unspecified atom stereocenters. The van der Waals surface area contributed by atoms with Crippen LogP contribution < -0.4 is 18.9 Å². The van der Waals surface area contributed by atoms with Gasteiger partial charge in [-0.05, 0) is 42.2 Å². The largest absolute Gasteiger partial charge is 0.493 e. The van der Waals surface area contributed by atoms with Gasteiger partial charge in [-0.2, -0.15) is 0 Å². The Kier molecular flexibility index (Phi) is 16.3. The summed E-state index contributed by atoms with van der Waals surface area (Å²) < 4.78 is 33.8. The van der Waals surface area contributed by atoms with Crippen LogP contribution in [0.2, 0.25) is 0 Å². The van der Waals surface area contributed by atoms with Crippen LogP contribution in [-0.2, 0) is 27.1 Å². The highest BCUT2D eigenvalue weighted by Crippen LogP contribution is 2.38. The first-order chi connectivity index (χ1) is 20.9. The molecule has 1 amide bonds. The summed E-state index contributed by atoms with van der Waals surface area (Å²) in [6, 6.07) is 6.68. The minimum absolute atomic E-state index is 0.0653. The number of rotatable bonds is 22. The lowest BCUT2D eigenvalue weighted by molar-refractivity contribution is -0.131. The number of amides is 1. The van der Waals surface area contributed by atoms with Crippen molar-refractivity contribution in [3.8, 4) is 23.0 Å². The van der Waals surface area contributed by atoms with E-state index in [1.165, 1.54) is 7.11 Å². The Bertz CT molecular complexity index is 1210. The SMILES string of the molecule is C=CCOc1cc(OCC=C)c(C(=O)c2ccc(OCCCCl)c(OC)c2)c(CC(=O)N(CCOC)CCOC)c1CC. The Labute approximate surface area is 260 Å². The van der Waals surface area contributed by atoms with Crippen molar-refractivity contribution in [2.75, 3.05) is 73.3 Å². The maximum Gasteiger partial charge on any atom is 0.227 e. The second kappa shape index (κ2) is 19.6. The molecule has 0 aliphatic carbocycles. The molecule has 0 saturated heterocycles. The van der Waals surface area contributed by atoms with E-state index in [0.29, 0.717) is 80.0 Å². The maximum absolute atomic E-state index is 14.3.